The molecular weight excluding hydrogens is 198 g/mol. The van der Waals surface area contributed by atoms with Gasteiger partial charge in [-0.2, -0.15) is 0 Å². The topological polar surface area (TPSA) is 21.3 Å². The predicted octanol–water partition coefficient (Wildman–Crippen LogP) is 3.15. The molecule has 1 aromatic rings. The summed E-state index contributed by atoms with van der Waals surface area (Å²) >= 11 is 0. The van der Waals surface area contributed by atoms with Crippen LogP contribution in [0.15, 0.2) is 24.3 Å². The average Bonchev–Trinajstić information content (AvgIpc) is 3.11. The molecule has 2 nitrogen and oxygen atoms in total. The molecule has 1 aromatic carbocycles. The van der Waals surface area contributed by atoms with Crippen LogP contribution in [-0.4, -0.2) is 13.2 Å². The Hall–Kier alpha value is -1.02. The highest BCUT2D eigenvalue weighted by Crippen LogP contribution is 2.30. The van der Waals surface area contributed by atoms with E-state index < -0.39 is 0 Å². The molecule has 0 radical (unpaired) electrons. The van der Waals surface area contributed by atoms with Crippen molar-refractivity contribution in [2.24, 2.45) is 5.92 Å². The zero-order valence-electron chi connectivity index (χ0n) is 10.2. The molecule has 0 saturated heterocycles. The number of benzene rings is 1. The maximum Gasteiger partial charge on any atom is 0.124 e. The lowest BCUT2D eigenvalue weighted by molar-refractivity contribution is 0.332. The number of hydrogen-bond donors (Lipinski definition) is 1. The molecule has 0 bridgehead atoms. The Balaban J connectivity index is 1.98. The van der Waals surface area contributed by atoms with E-state index in [2.05, 4.69) is 24.4 Å². The van der Waals surface area contributed by atoms with Crippen molar-refractivity contribution < 1.29 is 4.74 Å². The molecule has 0 spiro atoms. The van der Waals surface area contributed by atoms with E-state index in [0.717, 1.165) is 24.8 Å². The van der Waals surface area contributed by atoms with Crippen molar-refractivity contribution in [3.63, 3.8) is 0 Å². The smallest absolute Gasteiger partial charge is 0.124 e. The SMILES string of the molecule is CCOc1ccccc1C(C)NCC1CC1. The second-order valence-electron chi connectivity index (χ2n) is 4.54. The zero-order chi connectivity index (χ0) is 11.4. The maximum absolute atomic E-state index is 5.64. The number of rotatable bonds is 6. The molecule has 1 fully saturated rings. The van der Waals surface area contributed by atoms with Crippen molar-refractivity contribution in [3.05, 3.63) is 29.8 Å². The summed E-state index contributed by atoms with van der Waals surface area (Å²) in [6.45, 7) is 6.10. The van der Waals surface area contributed by atoms with Crippen molar-refractivity contribution >= 4 is 0 Å². The first kappa shape index (κ1) is 11.5. The van der Waals surface area contributed by atoms with Crippen molar-refractivity contribution in [1.82, 2.24) is 5.32 Å². The molecule has 1 atom stereocenters. The molecule has 2 rings (SSSR count). The third-order valence-electron chi connectivity index (χ3n) is 3.09. The molecule has 88 valence electrons. The molecule has 1 saturated carbocycles. The minimum Gasteiger partial charge on any atom is -0.494 e. The lowest BCUT2D eigenvalue weighted by atomic mass is 10.1. The quantitative estimate of drug-likeness (QED) is 0.793. The van der Waals surface area contributed by atoms with Gasteiger partial charge in [0.1, 0.15) is 5.75 Å². The molecule has 1 aliphatic carbocycles. The van der Waals surface area contributed by atoms with Gasteiger partial charge in [0.05, 0.1) is 6.61 Å². The number of para-hydroxylation sites is 1. The summed E-state index contributed by atoms with van der Waals surface area (Å²) < 4.78 is 5.64. The first-order chi connectivity index (χ1) is 7.81. The Morgan fingerprint density at radius 2 is 2.12 bits per heavy atom. The van der Waals surface area contributed by atoms with Gasteiger partial charge >= 0.3 is 0 Å². The molecule has 2 heteroatoms. The molecule has 1 aliphatic rings. The largest absolute Gasteiger partial charge is 0.494 e. The van der Waals surface area contributed by atoms with Crippen LogP contribution in [0.2, 0.25) is 0 Å². The average molecular weight is 219 g/mol. The fourth-order valence-corrected chi connectivity index (χ4v) is 1.90. The van der Waals surface area contributed by atoms with Crippen LogP contribution in [0, 0.1) is 5.92 Å². The molecule has 0 amide bonds. The number of ether oxygens (including phenoxy) is 1. The van der Waals surface area contributed by atoms with Gasteiger partial charge < -0.3 is 10.1 Å². The second-order valence-corrected chi connectivity index (χ2v) is 4.54. The van der Waals surface area contributed by atoms with Crippen LogP contribution in [-0.2, 0) is 0 Å². The number of hydrogen-bond acceptors (Lipinski definition) is 2. The third-order valence-corrected chi connectivity index (χ3v) is 3.09. The van der Waals surface area contributed by atoms with Gasteiger partial charge in [-0.15, -0.1) is 0 Å². The van der Waals surface area contributed by atoms with Crippen LogP contribution < -0.4 is 10.1 Å². The Labute approximate surface area is 98.0 Å². The van der Waals surface area contributed by atoms with E-state index in [1.54, 1.807) is 0 Å². The standard InChI is InChI=1S/C14H21NO/c1-3-16-14-7-5-4-6-13(14)11(2)15-10-12-8-9-12/h4-7,11-12,15H,3,8-10H2,1-2H3. The summed E-state index contributed by atoms with van der Waals surface area (Å²) in [5, 5.41) is 3.58. The summed E-state index contributed by atoms with van der Waals surface area (Å²) in [6.07, 6.45) is 2.79. The molecular formula is C14H21NO. The van der Waals surface area contributed by atoms with Crippen LogP contribution >= 0.6 is 0 Å². The molecule has 1 N–H and O–H groups in total. The highest BCUT2D eigenvalue weighted by molar-refractivity contribution is 5.35. The summed E-state index contributed by atoms with van der Waals surface area (Å²) in [7, 11) is 0. The first-order valence-electron chi connectivity index (χ1n) is 6.26. The Bertz CT molecular complexity index is 333. The van der Waals surface area contributed by atoms with Gasteiger partial charge in [0, 0.05) is 11.6 Å². The molecule has 16 heavy (non-hydrogen) atoms. The van der Waals surface area contributed by atoms with Gasteiger partial charge in [-0.05, 0) is 45.2 Å². The van der Waals surface area contributed by atoms with Crippen molar-refractivity contribution in [1.29, 1.82) is 0 Å². The summed E-state index contributed by atoms with van der Waals surface area (Å²) in [5.41, 5.74) is 1.27. The van der Waals surface area contributed by atoms with Gasteiger partial charge in [0.2, 0.25) is 0 Å². The minimum absolute atomic E-state index is 0.378. The fraction of sp³-hybridized carbons (Fsp3) is 0.571. The molecule has 1 unspecified atom stereocenters. The van der Waals surface area contributed by atoms with E-state index in [0.29, 0.717) is 6.04 Å². The van der Waals surface area contributed by atoms with Crippen LogP contribution in [0.4, 0.5) is 0 Å². The van der Waals surface area contributed by atoms with E-state index in [1.165, 1.54) is 18.4 Å². The summed E-state index contributed by atoms with van der Waals surface area (Å²) in [6, 6.07) is 8.68. The highest BCUT2D eigenvalue weighted by atomic mass is 16.5. The van der Waals surface area contributed by atoms with E-state index in [4.69, 9.17) is 4.74 Å². The van der Waals surface area contributed by atoms with E-state index in [-0.39, 0.29) is 0 Å². The van der Waals surface area contributed by atoms with Crippen LogP contribution in [0.25, 0.3) is 0 Å². The van der Waals surface area contributed by atoms with E-state index in [9.17, 15) is 0 Å². The van der Waals surface area contributed by atoms with Gasteiger partial charge in [0.15, 0.2) is 0 Å². The zero-order valence-corrected chi connectivity index (χ0v) is 10.2. The van der Waals surface area contributed by atoms with Gasteiger partial charge in [-0.25, -0.2) is 0 Å². The Morgan fingerprint density at radius 3 is 2.81 bits per heavy atom. The Kier molecular flexibility index (Phi) is 3.83. The van der Waals surface area contributed by atoms with Crippen molar-refractivity contribution in [2.75, 3.05) is 13.2 Å². The predicted molar refractivity (Wildman–Crippen MR) is 66.8 cm³/mol. The van der Waals surface area contributed by atoms with Crippen molar-refractivity contribution in [3.8, 4) is 5.75 Å². The van der Waals surface area contributed by atoms with Gasteiger partial charge in [-0.1, -0.05) is 18.2 Å². The minimum atomic E-state index is 0.378. The lowest BCUT2D eigenvalue weighted by Gasteiger charge is -2.17. The molecule has 0 aromatic heterocycles. The highest BCUT2D eigenvalue weighted by Gasteiger charge is 2.22. The third kappa shape index (κ3) is 2.99. The van der Waals surface area contributed by atoms with E-state index >= 15 is 0 Å². The van der Waals surface area contributed by atoms with E-state index in [1.807, 2.05) is 19.1 Å². The summed E-state index contributed by atoms with van der Waals surface area (Å²) in [5.74, 6) is 1.93. The van der Waals surface area contributed by atoms with Crippen LogP contribution in [0.1, 0.15) is 38.3 Å². The van der Waals surface area contributed by atoms with Crippen LogP contribution in [0.3, 0.4) is 0 Å². The fourth-order valence-electron chi connectivity index (χ4n) is 1.90. The number of nitrogens with one attached hydrogen (secondary N) is 1. The van der Waals surface area contributed by atoms with Crippen molar-refractivity contribution in [2.45, 2.75) is 32.7 Å². The van der Waals surface area contributed by atoms with Crippen LogP contribution in [0.5, 0.6) is 5.75 Å². The Morgan fingerprint density at radius 1 is 1.38 bits per heavy atom. The normalized spacial score (nSPS) is 17.1. The maximum atomic E-state index is 5.64. The monoisotopic (exact) mass is 219 g/mol. The lowest BCUT2D eigenvalue weighted by Crippen LogP contribution is -2.21. The molecule has 0 heterocycles. The summed E-state index contributed by atoms with van der Waals surface area (Å²) in [4.78, 5) is 0. The molecule has 0 aliphatic heterocycles. The van der Waals surface area contributed by atoms with Gasteiger partial charge in [0.25, 0.3) is 0 Å². The second kappa shape index (κ2) is 5.35. The van der Waals surface area contributed by atoms with Gasteiger partial charge in [-0.3, -0.25) is 0 Å². The first-order valence-corrected chi connectivity index (χ1v) is 6.26.